The van der Waals surface area contributed by atoms with E-state index in [1.54, 1.807) is 0 Å². The van der Waals surface area contributed by atoms with Gasteiger partial charge in [-0.1, -0.05) is 45.5 Å². The smallest absolute Gasteiger partial charge is 0.265 e. The van der Waals surface area contributed by atoms with Crippen LogP contribution < -0.4 is 16.4 Å². The summed E-state index contributed by atoms with van der Waals surface area (Å²) in [6, 6.07) is 0.209. The van der Waals surface area contributed by atoms with Crippen LogP contribution >= 0.6 is 11.3 Å². The highest BCUT2D eigenvalue weighted by Crippen LogP contribution is 2.25. The molecule has 0 saturated heterocycles. The second kappa shape index (κ2) is 8.09. The second-order valence-electron chi connectivity index (χ2n) is 5.38. The molecule has 114 valence electrons. The SMILES string of the molecule is CCCC(CC)NC(=O)c1sc(NCC(C)C)nc1N. The van der Waals surface area contributed by atoms with E-state index in [0.29, 0.717) is 21.7 Å². The predicted octanol–water partition coefficient (Wildman–Crippen LogP) is 3.10. The first-order valence-electron chi connectivity index (χ1n) is 7.28. The lowest BCUT2D eigenvalue weighted by Crippen LogP contribution is -2.34. The van der Waals surface area contributed by atoms with Gasteiger partial charge in [0, 0.05) is 12.6 Å². The first-order valence-corrected chi connectivity index (χ1v) is 8.10. The number of carbonyl (C=O) groups excluding carboxylic acids is 1. The third-order valence-corrected chi connectivity index (χ3v) is 4.01. The number of carbonyl (C=O) groups is 1. The number of rotatable bonds is 8. The standard InChI is InChI=1S/C14H26N4OS/c1-5-7-10(6-2)17-13(19)11-12(15)18-14(20-11)16-8-9(3)4/h9-10H,5-8,15H2,1-4H3,(H,16,18)(H,17,19). The molecule has 6 heteroatoms. The number of nitrogens with two attached hydrogens (primary N) is 1. The Morgan fingerprint density at radius 1 is 1.40 bits per heavy atom. The lowest BCUT2D eigenvalue weighted by atomic mass is 10.1. The third kappa shape index (κ3) is 5.00. The number of hydrogen-bond donors (Lipinski definition) is 3. The normalized spacial score (nSPS) is 12.4. The molecule has 0 aliphatic carbocycles. The van der Waals surface area contributed by atoms with Crippen LogP contribution in [0.3, 0.4) is 0 Å². The summed E-state index contributed by atoms with van der Waals surface area (Å²) in [7, 11) is 0. The Kier molecular flexibility index (Phi) is 6.78. The first kappa shape index (κ1) is 16.8. The van der Waals surface area contributed by atoms with Crippen LogP contribution in [0.5, 0.6) is 0 Å². The summed E-state index contributed by atoms with van der Waals surface area (Å²) in [6.07, 6.45) is 2.97. The fourth-order valence-electron chi connectivity index (χ4n) is 1.84. The number of nitrogens with one attached hydrogen (secondary N) is 2. The fraction of sp³-hybridized carbons (Fsp3) is 0.714. The summed E-state index contributed by atoms with van der Waals surface area (Å²) in [5.41, 5.74) is 5.84. The first-order chi connectivity index (χ1) is 9.47. The Labute approximate surface area is 125 Å². The monoisotopic (exact) mass is 298 g/mol. The van der Waals surface area contributed by atoms with Gasteiger partial charge in [0.25, 0.3) is 5.91 Å². The number of nitrogens with zero attached hydrogens (tertiary/aromatic N) is 1. The molecule has 20 heavy (non-hydrogen) atoms. The number of amides is 1. The molecule has 0 aliphatic rings. The zero-order valence-corrected chi connectivity index (χ0v) is 13.6. The topological polar surface area (TPSA) is 80.0 Å². The van der Waals surface area contributed by atoms with Crippen molar-refractivity contribution in [3.8, 4) is 0 Å². The minimum atomic E-state index is -0.113. The molecule has 1 aromatic heterocycles. The van der Waals surface area contributed by atoms with Crippen LogP contribution in [0.25, 0.3) is 0 Å². The zero-order chi connectivity index (χ0) is 15.1. The Hall–Kier alpha value is -1.30. The Bertz CT molecular complexity index is 431. The highest BCUT2D eigenvalue weighted by atomic mass is 32.1. The van der Waals surface area contributed by atoms with Crippen molar-refractivity contribution < 1.29 is 4.79 Å². The van der Waals surface area contributed by atoms with Crippen LogP contribution in [0.4, 0.5) is 10.9 Å². The van der Waals surface area contributed by atoms with Gasteiger partial charge in [0.1, 0.15) is 10.7 Å². The maximum atomic E-state index is 12.2. The zero-order valence-electron chi connectivity index (χ0n) is 12.8. The van der Waals surface area contributed by atoms with Crippen molar-refractivity contribution in [2.75, 3.05) is 17.6 Å². The Balaban J connectivity index is 2.68. The predicted molar refractivity (Wildman–Crippen MR) is 86.3 cm³/mol. The maximum absolute atomic E-state index is 12.2. The van der Waals surface area contributed by atoms with Gasteiger partial charge in [0.15, 0.2) is 5.13 Å². The average molecular weight is 298 g/mol. The molecule has 5 nitrogen and oxygen atoms in total. The molecule has 4 N–H and O–H groups in total. The molecule has 0 aromatic carbocycles. The van der Waals surface area contributed by atoms with Gasteiger partial charge in [0.2, 0.25) is 0 Å². The number of nitrogen functional groups attached to an aromatic ring is 1. The van der Waals surface area contributed by atoms with E-state index in [4.69, 9.17) is 5.73 Å². The van der Waals surface area contributed by atoms with Gasteiger partial charge in [0.05, 0.1) is 0 Å². The molecule has 1 rings (SSSR count). The summed E-state index contributed by atoms with van der Waals surface area (Å²) in [5.74, 6) is 0.717. The summed E-state index contributed by atoms with van der Waals surface area (Å²) < 4.78 is 0. The van der Waals surface area contributed by atoms with Crippen molar-refractivity contribution >= 4 is 28.2 Å². The van der Waals surface area contributed by atoms with Gasteiger partial charge in [-0.3, -0.25) is 4.79 Å². The maximum Gasteiger partial charge on any atom is 0.265 e. The largest absolute Gasteiger partial charge is 0.382 e. The summed E-state index contributed by atoms with van der Waals surface area (Å²) in [4.78, 5) is 16.9. The quantitative estimate of drug-likeness (QED) is 0.689. The van der Waals surface area contributed by atoms with Gasteiger partial charge in [-0.15, -0.1) is 0 Å². The molecule has 0 bridgehead atoms. The van der Waals surface area contributed by atoms with E-state index in [0.717, 1.165) is 25.8 Å². The summed E-state index contributed by atoms with van der Waals surface area (Å²) in [5, 5.41) is 6.94. The number of hydrogen-bond acceptors (Lipinski definition) is 5. The molecule has 0 saturated carbocycles. The van der Waals surface area contributed by atoms with E-state index in [-0.39, 0.29) is 11.9 Å². The minimum Gasteiger partial charge on any atom is -0.382 e. The second-order valence-corrected chi connectivity index (χ2v) is 6.37. The Morgan fingerprint density at radius 3 is 2.65 bits per heavy atom. The van der Waals surface area contributed by atoms with Crippen LogP contribution in [-0.4, -0.2) is 23.5 Å². The fourth-order valence-corrected chi connectivity index (χ4v) is 2.63. The lowest BCUT2D eigenvalue weighted by Gasteiger charge is -2.15. The van der Waals surface area contributed by atoms with Gasteiger partial charge in [-0.25, -0.2) is 4.98 Å². The number of anilines is 2. The van der Waals surface area contributed by atoms with Crippen molar-refractivity contribution in [2.24, 2.45) is 5.92 Å². The summed E-state index contributed by atoms with van der Waals surface area (Å²) in [6.45, 7) is 9.25. The van der Waals surface area contributed by atoms with Crippen molar-refractivity contribution in [3.63, 3.8) is 0 Å². The van der Waals surface area contributed by atoms with Crippen LogP contribution in [0.2, 0.25) is 0 Å². The van der Waals surface area contributed by atoms with E-state index >= 15 is 0 Å². The molecule has 1 amide bonds. The van der Waals surface area contributed by atoms with Gasteiger partial charge in [-0.2, -0.15) is 0 Å². The molecule has 0 spiro atoms. The van der Waals surface area contributed by atoms with Gasteiger partial charge >= 0.3 is 0 Å². The summed E-state index contributed by atoms with van der Waals surface area (Å²) >= 11 is 1.32. The van der Waals surface area contributed by atoms with Crippen LogP contribution in [-0.2, 0) is 0 Å². The van der Waals surface area contributed by atoms with E-state index in [9.17, 15) is 4.79 Å². The van der Waals surface area contributed by atoms with E-state index in [1.807, 2.05) is 0 Å². The molecule has 0 fully saturated rings. The average Bonchev–Trinajstić information content (AvgIpc) is 2.77. The molecule has 1 unspecified atom stereocenters. The number of aromatic nitrogens is 1. The highest BCUT2D eigenvalue weighted by molar-refractivity contribution is 7.18. The third-order valence-electron chi connectivity index (χ3n) is 2.99. The van der Waals surface area contributed by atoms with E-state index in [2.05, 4.69) is 43.3 Å². The van der Waals surface area contributed by atoms with Crippen molar-refractivity contribution in [1.29, 1.82) is 0 Å². The molecule has 1 aromatic rings. The molecular weight excluding hydrogens is 272 g/mol. The minimum absolute atomic E-state index is 0.113. The molecule has 1 heterocycles. The Morgan fingerprint density at radius 2 is 2.10 bits per heavy atom. The highest BCUT2D eigenvalue weighted by Gasteiger charge is 2.18. The molecule has 0 radical (unpaired) electrons. The van der Waals surface area contributed by atoms with Crippen LogP contribution in [0.15, 0.2) is 0 Å². The van der Waals surface area contributed by atoms with Gasteiger partial charge < -0.3 is 16.4 Å². The van der Waals surface area contributed by atoms with Crippen molar-refractivity contribution in [2.45, 2.75) is 53.0 Å². The lowest BCUT2D eigenvalue weighted by molar-refractivity contribution is 0.0938. The molecule has 0 aliphatic heterocycles. The van der Waals surface area contributed by atoms with Crippen LogP contribution in [0, 0.1) is 5.92 Å². The van der Waals surface area contributed by atoms with Crippen molar-refractivity contribution in [1.82, 2.24) is 10.3 Å². The van der Waals surface area contributed by atoms with E-state index < -0.39 is 0 Å². The van der Waals surface area contributed by atoms with Crippen molar-refractivity contribution in [3.05, 3.63) is 4.88 Å². The van der Waals surface area contributed by atoms with E-state index in [1.165, 1.54) is 11.3 Å². The molecular formula is C14H26N4OS. The number of thiazole rings is 1. The van der Waals surface area contributed by atoms with Crippen LogP contribution in [0.1, 0.15) is 56.6 Å². The molecule has 1 atom stereocenters. The van der Waals surface area contributed by atoms with Gasteiger partial charge in [-0.05, 0) is 18.8 Å².